The first-order chi connectivity index (χ1) is 9.99. The van der Waals surface area contributed by atoms with E-state index in [0.29, 0.717) is 11.1 Å². The molecule has 0 amide bonds. The molecule has 21 heavy (non-hydrogen) atoms. The third kappa shape index (κ3) is 3.90. The molecule has 2 rings (SSSR count). The molecule has 0 aliphatic carbocycles. The topological polar surface area (TPSA) is 72.6 Å². The summed E-state index contributed by atoms with van der Waals surface area (Å²) in [6, 6.07) is 7.90. The number of nitro benzene ring substituents is 1. The van der Waals surface area contributed by atoms with Crippen LogP contribution in [-0.4, -0.2) is 10.0 Å². The van der Waals surface area contributed by atoms with E-state index in [1.54, 1.807) is 0 Å². The lowest BCUT2D eigenvalue weighted by Gasteiger charge is -2.09. The summed E-state index contributed by atoms with van der Waals surface area (Å²) >= 11 is 5.93. The Morgan fingerprint density at radius 1 is 1.29 bits per heavy atom. The molecular formula is C14H11ClFNO4. The predicted octanol–water partition coefficient (Wildman–Crippen LogP) is 3.46. The van der Waals surface area contributed by atoms with Gasteiger partial charge in [-0.2, -0.15) is 0 Å². The van der Waals surface area contributed by atoms with Gasteiger partial charge in [0, 0.05) is 23.8 Å². The molecular weight excluding hydrogens is 301 g/mol. The van der Waals surface area contributed by atoms with Crippen LogP contribution in [0.25, 0.3) is 0 Å². The Bertz CT molecular complexity index is 678. The molecule has 0 aromatic heterocycles. The molecule has 0 heterocycles. The number of aliphatic hydroxyl groups excluding tert-OH is 1. The van der Waals surface area contributed by atoms with Crippen molar-refractivity contribution in [2.75, 3.05) is 0 Å². The molecule has 0 aliphatic heterocycles. The van der Waals surface area contributed by atoms with Gasteiger partial charge in [0.1, 0.15) is 18.2 Å². The van der Waals surface area contributed by atoms with Crippen molar-refractivity contribution in [3.63, 3.8) is 0 Å². The first-order valence-electron chi connectivity index (χ1n) is 5.95. The summed E-state index contributed by atoms with van der Waals surface area (Å²) in [5.41, 5.74) is 0.814. The third-order valence-corrected chi connectivity index (χ3v) is 3.11. The van der Waals surface area contributed by atoms with Crippen LogP contribution in [0.5, 0.6) is 5.75 Å². The van der Waals surface area contributed by atoms with Crippen molar-refractivity contribution < 1.29 is 19.2 Å². The molecule has 110 valence electrons. The van der Waals surface area contributed by atoms with E-state index in [-0.39, 0.29) is 29.7 Å². The highest BCUT2D eigenvalue weighted by Crippen LogP contribution is 2.24. The van der Waals surface area contributed by atoms with Gasteiger partial charge in [0.15, 0.2) is 0 Å². The summed E-state index contributed by atoms with van der Waals surface area (Å²) < 4.78 is 18.7. The van der Waals surface area contributed by atoms with Crippen molar-refractivity contribution >= 4 is 17.3 Å². The van der Waals surface area contributed by atoms with Gasteiger partial charge in [-0.1, -0.05) is 11.6 Å². The number of ether oxygens (including phenoxy) is 1. The van der Waals surface area contributed by atoms with Gasteiger partial charge in [0.2, 0.25) is 0 Å². The zero-order valence-corrected chi connectivity index (χ0v) is 11.5. The van der Waals surface area contributed by atoms with E-state index in [1.807, 2.05) is 0 Å². The number of halogens is 2. The van der Waals surface area contributed by atoms with Crippen molar-refractivity contribution in [1.82, 2.24) is 0 Å². The van der Waals surface area contributed by atoms with Crippen molar-refractivity contribution in [2.45, 2.75) is 13.2 Å². The second-order valence-corrected chi connectivity index (χ2v) is 4.68. The molecule has 0 radical (unpaired) electrons. The van der Waals surface area contributed by atoms with Crippen LogP contribution in [0.15, 0.2) is 36.4 Å². The number of rotatable bonds is 5. The number of nitro groups is 1. The van der Waals surface area contributed by atoms with Crippen molar-refractivity contribution in [3.05, 3.63) is 68.5 Å². The van der Waals surface area contributed by atoms with Crippen LogP contribution in [0, 0.1) is 15.9 Å². The standard InChI is InChI=1S/C14H11ClFNO4/c15-14-6-12(17(19)20)2-1-10(14)8-21-13-4-9(7-18)3-11(16)5-13/h1-6,18H,7-8H2. The lowest BCUT2D eigenvalue weighted by Crippen LogP contribution is -1.99. The number of hydrogen-bond donors (Lipinski definition) is 1. The fraction of sp³-hybridized carbons (Fsp3) is 0.143. The summed E-state index contributed by atoms with van der Waals surface area (Å²) in [6.45, 7) is -0.266. The van der Waals surface area contributed by atoms with E-state index in [9.17, 15) is 14.5 Å². The molecule has 0 aliphatic rings. The third-order valence-electron chi connectivity index (χ3n) is 2.76. The van der Waals surface area contributed by atoms with Crippen molar-refractivity contribution in [1.29, 1.82) is 0 Å². The summed E-state index contributed by atoms with van der Waals surface area (Å²) in [4.78, 5) is 10.1. The Morgan fingerprint density at radius 2 is 2.05 bits per heavy atom. The average Bonchev–Trinajstić information content (AvgIpc) is 2.45. The second kappa shape index (κ2) is 6.51. The highest BCUT2D eigenvalue weighted by atomic mass is 35.5. The molecule has 0 saturated heterocycles. The maximum absolute atomic E-state index is 13.3. The number of nitrogens with zero attached hydrogens (tertiary/aromatic N) is 1. The highest BCUT2D eigenvalue weighted by Gasteiger charge is 2.10. The molecule has 7 heteroatoms. The van der Waals surface area contributed by atoms with Crippen LogP contribution in [-0.2, 0) is 13.2 Å². The number of hydrogen-bond acceptors (Lipinski definition) is 4. The number of benzene rings is 2. The van der Waals surface area contributed by atoms with Crippen LogP contribution in [0.2, 0.25) is 5.02 Å². The van der Waals surface area contributed by atoms with Crippen molar-refractivity contribution in [2.24, 2.45) is 0 Å². The molecule has 5 nitrogen and oxygen atoms in total. The Kier molecular flexibility index (Phi) is 4.72. The van der Waals surface area contributed by atoms with Crippen LogP contribution < -0.4 is 4.74 Å². The first-order valence-corrected chi connectivity index (χ1v) is 6.33. The molecule has 2 aromatic rings. The van der Waals surface area contributed by atoms with E-state index < -0.39 is 10.7 Å². The quantitative estimate of drug-likeness (QED) is 0.678. The van der Waals surface area contributed by atoms with Gasteiger partial charge in [-0.3, -0.25) is 10.1 Å². The number of non-ortho nitro benzene ring substituents is 1. The minimum atomic E-state index is -0.545. The molecule has 0 unspecified atom stereocenters. The summed E-state index contributed by atoms with van der Waals surface area (Å²) in [6.07, 6.45) is 0. The zero-order chi connectivity index (χ0) is 15.4. The summed E-state index contributed by atoms with van der Waals surface area (Å²) in [5.74, 6) is -0.278. The fourth-order valence-electron chi connectivity index (χ4n) is 1.72. The minimum Gasteiger partial charge on any atom is -0.489 e. The maximum atomic E-state index is 13.3. The van der Waals surface area contributed by atoms with E-state index in [1.165, 1.54) is 36.4 Å². The fourth-order valence-corrected chi connectivity index (χ4v) is 1.95. The number of aliphatic hydroxyl groups is 1. The highest BCUT2D eigenvalue weighted by molar-refractivity contribution is 6.31. The van der Waals surface area contributed by atoms with Gasteiger partial charge in [-0.05, 0) is 23.8 Å². The van der Waals surface area contributed by atoms with Crippen LogP contribution >= 0.6 is 11.6 Å². The van der Waals surface area contributed by atoms with Gasteiger partial charge in [0.25, 0.3) is 5.69 Å². The molecule has 0 fully saturated rings. The smallest absolute Gasteiger partial charge is 0.270 e. The lowest BCUT2D eigenvalue weighted by atomic mass is 10.2. The van der Waals surface area contributed by atoms with Gasteiger partial charge >= 0.3 is 0 Å². The predicted molar refractivity (Wildman–Crippen MR) is 74.8 cm³/mol. The van der Waals surface area contributed by atoms with Crippen LogP contribution in [0.1, 0.15) is 11.1 Å². The van der Waals surface area contributed by atoms with Crippen molar-refractivity contribution in [3.8, 4) is 5.75 Å². The van der Waals surface area contributed by atoms with E-state index in [0.717, 1.165) is 0 Å². The SMILES string of the molecule is O=[N+]([O-])c1ccc(COc2cc(F)cc(CO)c2)c(Cl)c1. The zero-order valence-electron chi connectivity index (χ0n) is 10.8. The van der Waals surface area contributed by atoms with Crippen LogP contribution in [0.4, 0.5) is 10.1 Å². The van der Waals surface area contributed by atoms with Crippen LogP contribution in [0.3, 0.4) is 0 Å². The molecule has 2 aromatic carbocycles. The molecule has 0 atom stereocenters. The maximum Gasteiger partial charge on any atom is 0.270 e. The molecule has 0 spiro atoms. The van der Waals surface area contributed by atoms with Gasteiger partial charge in [-0.15, -0.1) is 0 Å². The monoisotopic (exact) mass is 311 g/mol. The second-order valence-electron chi connectivity index (χ2n) is 4.27. The minimum absolute atomic E-state index is 0.0329. The average molecular weight is 312 g/mol. The van der Waals surface area contributed by atoms with E-state index >= 15 is 0 Å². The Hall–Kier alpha value is -2.18. The molecule has 1 N–H and O–H groups in total. The van der Waals surface area contributed by atoms with E-state index in [4.69, 9.17) is 21.4 Å². The Labute approximate surface area is 124 Å². The molecule has 0 bridgehead atoms. The first kappa shape index (κ1) is 15.2. The Balaban J connectivity index is 2.13. The summed E-state index contributed by atoms with van der Waals surface area (Å²) in [5, 5.41) is 19.8. The lowest BCUT2D eigenvalue weighted by molar-refractivity contribution is -0.384. The summed E-state index contributed by atoms with van der Waals surface area (Å²) in [7, 11) is 0. The Morgan fingerprint density at radius 3 is 2.67 bits per heavy atom. The van der Waals surface area contributed by atoms with Gasteiger partial charge in [0.05, 0.1) is 16.6 Å². The normalized spacial score (nSPS) is 10.4. The molecule has 0 saturated carbocycles. The largest absolute Gasteiger partial charge is 0.489 e. The van der Waals surface area contributed by atoms with Gasteiger partial charge < -0.3 is 9.84 Å². The van der Waals surface area contributed by atoms with Gasteiger partial charge in [-0.25, -0.2) is 4.39 Å². The van der Waals surface area contributed by atoms with E-state index in [2.05, 4.69) is 0 Å².